The van der Waals surface area contributed by atoms with Crippen molar-refractivity contribution >= 4 is 86.5 Å². The Bertz CT molecular complexity index is 1280. The molecule has 0 saturated carbocycles. The zero-order valence-corrected chi connectivity index (χ0v) is 21.1. The zero-order chi connectivity index (χ0) is 22.1. The fourth-order valence-corrected chi connectivity index (χ4v) is 6.54. The van der Waals surface area contributed by atoms with Crippen molar-refractivity contribution in [1.82, 2.24) is 0 Å². The minimum absolute atomic E-state index is 0.0349. The van der Waals surface area contributed by atoms with E-state index in [9.17, 15) is 16.8 Å². The summed E-state index contributed by atoms with van der Waals surface area (Å²) in [5.41, 5.74) is 0.536. The van der Waals surface area contributed by atoms with Crippen LogP contribution in [0.4, 0.5) is 11.4 Å². The average molecular weight is 615 g/mol. The summed E-state index contributed by atoms with van der Waals surface area (Å²) < 4.78 is 56.5. The fraction of sp³-hybridized carbons (Fsp3) is 0. The van der Waals surface area contributed by atoms with Crippen LogP contribution in [0.5, 0.6) is 0 Å². The van der Waals surface area contributed by atoms with Gasteiger partial charge in [0.05, 0.1) is 15.5 Å². The van der Waals surface area contributed by atoms with E-state index in [1.165, 1.54) is 42.5 Å². The lowest BCUT2D eigenvalue weighted by Crippen LogP contribution is -2.14. The van der Waals surface area contributed by atoms with Crippen LogP contribution in [0.15, 0.2) is 79.4 Å². The molecule has 0 spiro atoms. The Morgan fingerprint density at radius 3 is 1.60 bits per heavy atom. The van der Waals surface area contributed by atoms with E-state index in [1.54, 1.807) is 18.2 Å². The van der Waals surface area contributed by atoms with Crippen molar-refractivity contribution in [1.29, 1.82) is 0 Å². The molecule has 0 heterocycles. The number of sulfonamides is 2. The molecule has 2 N–H and O–H groups in total. The van der Waals surface area contributed by atoms with Crippen LogP contribution in [0.2, 0.25) is 10.0 Å². The summed E-state index contributed by atoms with van der Waals surface area (Å²) in [5, 5.41) is 0.351. The minimum atomic E-state index is -3.96. The first-order chi connectivity index (χ1) is 13.9. The van der Waals surface area contributed by atoms with Gasteiger partial charge < -0.3 is 0 Å². The molecular formula is C18H12Br2Cl2N2O4S2. The zero-order valence-electron chi connectivity index (χ0n) is 14.7. The van der Waals surface area contributed by atoms with Crippen LogP contribution in [-0.4, -0.2) is 16.8 Å². The highest BCUT2D eigenvalue weighted by molar-refractivity contribution is 9.11. The molecule has 0 fully saturated rings. The molecule has 0 radical (unpaired) electrons. The van der Waals surface area contributed by atoms with Crippen molar-refractivity contribution in [3.63, 3.8) is 0 Å². The molecule has 0 aromatic heterocycles. The molecule has 0 aliphatic heterocycles. The van der Waals surface area contributed by atoms with Gasteiger partial charge >= 0.3 is 0 Å². The summed E-state index contributed by atoms with van der Waals surface area (Å²) in [6.07, 6.45) is 0. The van der Waals surface area contributed by atoms with E-state index in [0.717, 1.165) is 0 Å². The summed E-state index contributed by atoms with van der Waals surface area (Å²) in [6, 6.07) is 14.2. The first-order valence-corrected chi connectivity index (χ1v) is 13.3. The van der Waals surface area contributed by atoms with Gasteiger partial charge in [-0.05, 0) is 60.7 Å². The lowest BCUT2D eigenvalue weighted by atomic mass is 10.3. The third-order valence-electron chi connectivity index (χ3n) is 3.68. The SMILES string of the molecule is O=S(=O)(Nc1cc(Br)cc(Br)c1)c1ccc(NS(=O)(=O)c2cc(Cl)cc(Cl)c2)cc1. The number of nitrogens with one attached hydrogen (secondary N) is 2. The third-order valence-corrected chi connectivity index (χ3v) is 7.79. The largest absolute Gasteiger partial charge is 0.280 e. The topological polar surface area (TPSA) is 92.3 Å². The van der Waals surface area contributed by atoms with Gasteiger partial charge in [0.15, 0.2) is 0 Å². The van der Waals surface area contributed by atoms with Crippen molar-refractivity contribution in [2.24, 2.45) is 0 Å². The van der Waals surface area contributed by atoms with Gasteiger partial charge in [-0.2, -0.15) is 0 Å². The number of hydrogen-bond donors (Lipinski definition) is 2. The van der Waals surface area contributed by atoms with Gasteiger partial charge in [-0.1, -0.05) is 55.1 Å². The summed E-state index contributed by atoms with van der Waals surface area (Å²) in [5.74, 6) is 0. The Hall–Kier alpha value is -1.30. The molecule has 0 aliphatic carbocycles. The maximum Gasteiger partial charge on any atom is 0.261 e. The molecule has 3 aromatic rings. The molecule has 0 saturated heterocycles. The number of anilines is 2. The van der Waals surface area contributed by atoms with E-state index in [4.69, 9.17) is 23.2 Å². The molecule has 0 bridgehead atoms. The molecule has 30 heavy (non-hydrogen) atoms. The Balaban J connectivity index is 1.81. The highest BCUT2D eigenvalue weighted by atomic mass is 79.9. The minimum Gasteiger partial charge on any atom is -0.280 e. The molecular weight excluding hydrogens is 603 g/mol. The molecule has 158 valence electrons. The second-order valence-electron chi connectivity index (χ2n) is 6.00. The van der Waals surface area contributed by atoms with Crippen LogP contribution in [0.1, 0.15) is 0 Å². The van der Waals surface area contributed by atoms with Crippen molar-refractivity contribution in [3.05, 3.63) is 79.7 Å². The smallest absolute Gasteiger partial charge is 0.261 e. The second kappa shape index (κ2) is 9.05. The van der Waals surface area contributed by atoms with Crippen molar-refractivity contribution in [3.8, 4) is 0 Å². The van der Waals surface area contributed by atoms with Gasteiger partial charge in [0.1, 0.15) is 0 Å². The number of benzene rings is 3. The first-order valence-electron chi connectivity index (χ1n) is 8.02. The molecule has 0 unspecified atom stereocenters. The number of rotatable bonds is 6. The average Bonchev–Trinajstić information content (AvgIpc) is 2.59. The van der Waals surface area contributed by atoms with Crippen molar-refractivity contribution in [2.45, 2.75) is 9.79 Å². The van der Waals surface area contributed by atoms with Gasteiger partial charge in [0.2, 0.25) is 0 Å². The van der Waals surface area contributed by atoms with E-state index < -0.39 is 20.0 Å². The number of halogens is 4. The molecule has 6 nitrogen and oxygen atoms in total. The summed E-state index contributed by atoms with van der Waals surface area (Å²) in [4.78, 5) is -0.147. The molecule has 3 rings (SSSR count). The van der Waals surface area contributed by atoms with Gasteiger partial charge in [-0.3, -0.25) is 9.44 Å². The predicted octanol–water partition coefficient (Wildman–Crippen LogP) is 6.12. The Morgan fingerprint density at radius 1 is 0.600 bits per heavy atom. The van der Waals surface area contributed by atoms with Gasteiger partial charge in [-0.15, -0.1) is 0 Å². The van der Waals surface area contributed by atoms with Gasteiger partial charge in [-0.25, -0.2) is 16.8 Å². The maximum atomic E-state index is 12.6. The lowest BCUT2D eigenvalue weighted by Gasteiger charge is -2.11. The predicted molar refractivity (Wildman–Crippen MR) is 126 cm³/mol. The highest BCUT2D eigenvalue weighted by Crippen LogP contribution is 2.27. The lowest BCUT2D eigenvalue weighted by molar-refractivity contribution is 0.600. The molecule has 0 atom stereocenters. The van der Waals surface area contributed by atoms with Crippen LogP contribution >= 0.6 is 55.1 Å². The van der Waals surface area contributed by atoms with E-state index >= 15 is 0 Å². The van der Waals surface area contributed by atoms with Gasteiger partial charge in [0, 0.05) is 24.7 Å². The summed E-state index contributed by atoms with van der Waals surface area (Å²) in [7, 11) is -7.83. The van der Waals surface area contributed by atoms with Crippen LogP contribution in [-0.2, 0) is 20.0 Å². The Morgan fingerprint density at radius 2 is 1.07 bits per heavy atom. The fourth-order valence-electron chi connectivity index (χ4n) is 2.43. The monoisotopic (exact) mass is 612 g/mol. The van der Waals surface area contributed by atoms with Crippen molar-refractivity contribution in [2.75, 3.05) is 9.44 Å². The van der Waals surface area contributed by atoms with Crippen LogP contribution in [0.25, 0.3) is 0 Å². The highest BCUT2D eigenvalue weighted by Gasteiger charge is 2.18. The van der Waals surface area contributed by atoms with E-state index in [-0.39, 0.29) is 25.5 Å². The van der Waals surface area contributed by atoms with E-state index in [2.05, 4.69) is 41.3 Å². The quantitative estimate of drug-likeness (QED) is 0.350. The van der Waals surface area contributed by atoms with E-state index in [0.29, 0.717) is 14.6 Å². The maximum absolute atomic E-state index is 12.6. The molecule has 12 heteroatoms. The van der Waals surface area contributed by atoms with Crippen LogP contribution in [0.3, 0.4) is 0 Å². The van der Waals surface area contributed by atoms with Crippen LogP contribution < -0.4 is 9.44 Å². The van der Waals surface area contributed by atoms with Crippen molar-refractivity contribution < 1.29 is 16.8 Å². The molecule has 3 aromatic carbocycles. The second-order valence-corrected chi connectivity index (χ2v) is 12.1. The first kappa shape index (κ1) is 23.4. The Kier molecular flexibility index (Phi) is 7.05. The standard InChI is InChI=1S/C18H12Br2Cl2N2O4S2/c19-11-5-12(20)7-16(6-11)24-29(25,26)17-3-1-15(2-4-17)23-30(27,28)18-9-13(21)8-14(22)10-18/h1-10,23-24H. The summed E-state index contributed by atoms with van der Waals surface area (Å²) >= 11 is 18.3. The van der Waals surface area contributed by atoms with Crippen LogP contribution in [0, 0.1) is 0 Å². The Labute approximate surface area is 201 Å². The number of hydrogen-bond acceptors (Lipinski definition) is 4. The van der Waals surface area contributed by atoms with Gasteiger partial charge in [0.25, 0.3) is 20.0 Å². The normalized spacial score (nSPS) is 11.9. The molecule has 0 amide bonds. The summed E-state index contributed by atoms with van der Waals surface area (Å²) in [6.45, 7) is 0. The third kappa shape index (κ3) is 5.89. The van der Waals surface area contributed by atoms with E-state index in [1.807, 2.05) is 0 Å². The molecule has 0 aliphatic rings.